The summed E-state index contributed by atoms with van der Waals surface area (Å²) in [5.74, 6) is -7.84. The Bertz CT molecular complexity index is 2030. The minimum absolute atomic E-state index is 0.828. The topological polar surface area (TPSA) is 554 Å². The number of carbonyl (C=O) groups is 4. The van der Waals surface area contributed by atoms with Crippen LogP contribution in [0, 0.1) is 0 Å². The molecule has 0 radical (unpaired) electrons. The van der Waals surface area contributed by atoms with E-state index in [1.54, 1.807) is 0 Å². The van der Waals surface area contributed by atoms with E-state index in [-0.39, 0.29) is 0 Å². The molecule has 5 saturated heterocycles. The Kier molecular flexibility index (Phi) is 21.9. The lowest BCUT2D eigenvalue weighted by molar-refractivity contribution is -0.381. The number of carboxylic acids is 1. The zero-order valence-corrected chi connectivity index (χ0v) is 40.6. The summed E-state index contributed by atoms with van der Waals surface area (Å²) in [5.41, 5.74) is 0. The molecule has 5 heterocycles. The van der Waals surface area contributed by atoms with E-state index < -0.39 is 232 Å². The third-order valence-corrected chi connectivity index (χ3v) is 13.1. The summed E-state index contributed by atoms with van der Waals surface area (Å²) in [6.45, 7) is -2.43. The van der Waals surface area contributed by atoms with Gasteiger partial charge in [0, 0.05) is 27.2 Å². The second kappa shape index (κ2) is 26.2. The molecule has 5 rings (SSSR count). The number of ether oxygens (including phenoxy) is 9. The molecule has 0 spiro atoms. The maximum Gasteiger partial charge on any atom is 0.397 e. The first-order chi connectivity index (χ1) is 35.0. The number of hydrogen-bond donors (Lipinski definition) is 19. The van der Waals surface area contributed by atoms with Crippen molar-refractivity contribution in [1.82, 2.24) is 16.0 Å². The van der Waals surface area contributed by atoms with Crippen LogP contribution in [-0.2, 0) is 76.4 Å². The van der Waals surface area contributed by atoms with Crippen LogP contribution in [0.1, 0.15) is 27.2 Å². The maximum absolute atomic E-state index is 13.0. The first-order valence-corrected chi connectivity index (χ1v) is 24.2. The summed E-state index contributed by atoms with van der Waals surface area (Å²) in [4.78, 5) is 49.8. The molecule has 0 aliphatic carbocycles. The van der Waals surface area contributed by atoms with Crippen LogP contribution in [0.3, 0.4) is 0 Å². The average molecular weight is 1120 g/mol. The Balaban J connectivity index is 1.38. The largest absolute Gasteiger partial charge is 0.477 e. The van der Waals surface area contributed by atoms with Crippen molar-refractivity contribution in [3.05, 3.63) is 0 Å². The van der Waals surface area contributed by atoms with Crippen molar-refractivity contribution < 1.29 is 156 Å². The maximum atomic E-state index is 13.0. The van der Waals surface area contributed by atoms with E-state index >= 15 is 0 Å². The van der Waals surface area contributed by atoms with Gasteiger partial charge in [0.15, 0.2) is 25.2 Å². The molecule has 5 aliphatic heterocycles. The second-order valence-corrected chi connectivity index (χ2v) is 19.2. The van der Waals surface area contributed by atoms with Gasteiger partial charge in [0.05, 0.1) is 45.2 Å². The smallest absolute Gasteiger partial charge is 0.397 e. The molecule has 36 heteroatoms. The Labute approximate surface area is 424 Å². The quantitative estimate of drug-likeness (QED) is 0.0475. The van der Waals surface area contributed by atoms with Crippen molar-refractivity contribution in [3.63, 3.8) is 0 Å². The molecule has 0 aromatic carbocycles. The highest BCUT2D eigenvalue weighted by molar-refractivity contribution is 7.80. The number of hydrogen-bond acceptors (Lipinski definition) is 30. The molecule has 0 bridgehead atoms. The molecular weight excluding hydrogens is 1050 g/mol. The standard InChI is InChI=1S/C39H65N3O32S/c1-10(46)40-19-13(49)4-39(38(60)61,73-32(19)22(51)14(50)5-43)74-33-24(53)15(6-44)68-37(29(33)58)72-31-21(42-12(3)48)34(59)67-17(25(31)54)8-65-35-20(41-11(2)47)26(55)30(16(7-45)69-35)71-36-28(57)27(56)23(52)18(70-36)9-66-75(62,63)64/h13-37,43-45,49-59H,4-9H2,1-3H3,(H,40,46)(H,41,47)(H,42,48)(H,60,61)(H,62,63,64)/t13-,14+,15+,16+,17+,18+,19+,20+,21+,22+,23-,24-,25-,26+,27-,28+,29+,30+,31+,32+,33-,34-,35+,36-,37-,39-/m0/s1. The fourth-order valence-electron chi connectivity index (χ4n) is 8.98. The normalized spacial score (nSPS) is 43.5. The highest BCUT2D eigenvalue weighted by Gasteiger charge is 2.61. The third kappa shape index (κ3) is 14.8. The molecule has 0 aromatic heterocycles. The van der Waals surface area contributed by atoms with Gasteiger partial charge in [0.1, 0.15) is 116 Å². The summed E-state index contributed by atoms with van der Waals surface area (Å²) < 4.78 is 86.3. The third-order valence-electron chi connectivity index (χ3n) is 12.7. The summed E-state index contributed by atoms with van der Waals surface area (Å²) >= 11 is 0. The van der Waals surface area contributed by atoms with Gasteiger partial charge in [-0.3, -0.25) is 18.9 Å². The van der Waals surface area contributed by atoms with Gasteiger partial charge in [-0.1, -0.05) is 0 Å². The second-order valence-electron chi connectivity index (χ2n) is 18.2. The van der Waals surface area contributed by atoms with Crippen molar-refractivity contribution in [2.24, 2.45) is 0 Å². The van der Waals surface area contributed by atoms with Crippen molar-refractivity contribution in [2.75, 3.05) is 33.0 Å². The molecule has 19 N–H and O–H groups in total. The van der Waals surface area contributed by atoms with Gasteiger partial charge in [-0.2, -0.15) is 8.42 Å². The molecule has 0 unspecified atom stereocenters. The molecule has 434 valence electrons. The molecule has 3 amide bonds. The number of amides is 3. The predicted molar refractivity (Wildman–Crippen MR) is 229 cm³/mol. The van der Waals surface area contributed by atoms with Crippen LogP contribution in [-0.4, -0.2) is 305 Å². The average Bonchev–Trinajstić information content (AvgIpc) is 3.33. The van der Waals surface area contributed by atoms with Gasteiger partial charge < -0.3 is 135 Å². The van der Waals surface area contributed by atoms with E-state index in [4.69, 9.17) is 47.2 Å². The van der Waals surface area contributed by atoms with Gasteiger partial charge >= 0.3 is 16.4 Å². The van der Waals surface area contributed by atoms with Crippen molar-refractivity contribution in [2.45, 2.75) is 186 Å². The molecule has 0 aromatic rings. The highest BCUT2D eigenvalue weighted by atomic mass is 32.3. The van der Waals surface area contributed by atoms with E-state index in [0.717, 1.165) is 20.8 Å². The number of nitrogens with one attached hydrogen (secondary N) is 3. The predicted octanol–water partition coefficient (Wildman–Crippen LogP) is -12.5. The number of rotatable bonds is 21. The fraction of sp³-hybridized carbons (Fsp3) is 0.897. The first-order valence-electron chi connectivity index (χ1n) is 22.9. The van der Waals surface area contributed by atoms with E-state index in [1.807, 2.05) is 0 Å². The minimum Gasteiger partial charge on any atom is -0.477 e. The summed E-state index contributed by atoms with van der Waals surface area (Å²) in [6.07, 6.45) is -46.3. The van der Waals surface area contributed by atoms with Gasteiger partial charge in [-0.25, -0.2) is 8.98 Å². The highest BCUT2D eigenvalue weighted by Crippen LogP contribution is 2.39. The van der Waals surface area contributed by atoms with Crippen LogP contribution in [0.5, 0.6) is 0 Å². The van der Waals surface area contributed by atoms with Crippen LogP contribution >= 0.6 is 0 Å². The number of aliphatic hydroxyl groups is 14. The lowest BCUT2D eigenvalue weighted by atomic mass is 9.88. The summed E-state index contributed by atoms with van der Waals surface area (Å²) in [7, 11) is -5.11. The van der Waals surface area contributed by atoms with Crippen molar-refractivity contribution >= 4 is 34.1 Å². The molecule has 75 heavy (non-hydrogen) atoms. The summed E-state index contributed by atoms with van der Waals surface area (Å²) in [5, 5.41) is 168. The Morgan fingerprint density at radius 2 is 1.13 bits per heavy atom. The number of aliphatic carboxylic acids is 1. The van der Waals surface area contributed by atoms with Gasteiger partial charge in [-0.05, 0) is 0 Å². The lowest BCUT2D eigenvalue weighted by Gasteiger charge is -2.51. The van der Waals surface area contributed by atoms with Crippen LogP contribution in [0.15, 0.2) is 0 Å². The van der Waals surface area contributed by atoms with Crippen molar-refractivity contribution in [1.29, 1.82) is 0 Å². The van der Waals surface area contributed by atoms with E-state index in [2.05, 4.69) is 20.1 Å². The Morgan fingerprint density at radius 3 is 1.69 bits per heavy atom. The van der Waals surface area contributed by atoms with Crippen LogP contribution in [0.25, 0.3) is 0 Å². The fourth-order valence-corrected chi connectivity index (χ4v) is 9.29. The molecule has 35 nitrogen and oxygen atoms in total. The zero-order valence-electron chi connectivity index (χ0n) is 39.8. The Morgan fingerprint density at radius 1 is 0.613 bits per heavy atom. The van der Waals surface area contributed by atoms with E-state index in [0.29, 0.717) is 0 Å². The first kappa shape index (κ1) is 62.7. The van der Waals surface area contributed by atoms with Crippen LogP contribution in [0.4, 0.5) is 0 Å². The minimum atomic E-state index is -5.11. The summed E-state index contributed by atoms with van der Waals surface area (Å²) in [6, 6.07) is -5.19. The van der Waals surface area contributed by atoms with Gasteiger partial charge in [-0.15, -0.1) is 0 Å². The van der Waals surface area contributed by atoms with Gasteiger partial charge in [0.2, 0.25) is 17.7 Å². The SMILES string of the molecule is CC(=O)N[C@@H]1[C@@H](O[C@@H]2O[C@H](CO)[C@H](O)[C@H](O[C@]3(C(=O)O)C[C@H](O)[C@@H](NC(C)=O)[C@H]([C@H](O)[C@H](O)CO)O3)[C@H]2O)[C@@H](O)[C@@H](CO[C@@H]2O[C@H](CO)[C@@H](O[C@@H]3O[C@H](COS(=O)(=O)O)[C@H](O)[C@H](O)[C@H]3O)[C@H](O)[C@H]2NC(C)=O)O[C@@H]1O. The molecule has 26 atom stereocenters. The lowest BCUT2D eigenvalue weighted by Crippen LogP contribution is -2.71. The van der Waals surface area contributed by atoms with E-state index in [1.165, 1.54) is 0 Å². The van der Waals surface area contributed by atoms with Crippen LogP contribution in [0.2, 0.25) is 0 Å². The van der Waals surface area contributed by atoms with Crippen molar-refractivity contribution in [3.8, 4) is 0 Å². The molecule has 5 aliphatic rings. The van der Waals surface area contributed by atoms with Gasteiger partial charge in [0.25, 0.3) is 5.79 Å². The number of aliphatic hydroxyl groups excluding tert-OH is 14. The molecule has 5 fully saturated rings. The number of carboxylic acid groups (broad SMARTS) is 1. The zero-order chi connectivity index (χ0) is 56.2. The van der Waals surface area contributed by atoms with Crippen LogP contribution < -0.4 is 16.0 Å². The molecule has 0 saturated carbocycles. The Hall–Kier alpha value is -3.17. The monoisotopic (exact) mass is 1120 g/mol. The van der Waals surface area contributed by atoms with E-state index in [9.17, 15) is 104 Å². The number of carbonyl (C=O) groups excluding carboxylic acids is 3. The molecular formula is C39H65N3O32S.